The molecule has 1 aliphatic rings. The van der Waals surface area contributed by atoms with E-state index in [2.05, 4.69) is 9.97 Å². The minimum atomic E-state index is -4.35. The zero-order valence-corrected chi connectivity index (χ0v) is 19.9. The van der Waals surface area contributed by atoms with Crippen LogP contribution in [0.4, 0.5) is 10.2 Å². The molecular formula is C21H26FN4O8P. The fourth-order valence-corrected chi connectivity index (χ4v) is 5.09. The van der Waals surface area contributed by atoms with E-state index in [-0.39, 0.29) is 24.4 Å². The van der Waals surface area contributed by atoms with Crippen LogP contribution in [0.5, 0.6) is 5.75 Å². The topological polar surface area (TPSA) is 160 Å². The molecule has 0 saturated carbocycles. The van der Waals surface area contributed by atoms with E-state index in [0.717, 1.165) is 0 Å². The molecule has 3 heterocycles. The second kappa shape index (κ2) is 10.5. The number of phosphoric ester groups is 1. The molecule has 1 aliphatic heterocycles. The van der Waals surface area contributed by atoms with E-state index in [9.17, 15) is 19.2 Å². The number of hydrogen-bond acceptors (Lipinski definition) is 11. The highest BCUT2D eigenvalue weighted by Gasteiger charge is 2.42. The van der Waals surface area contributed by atoms with Gasteiger partial charge < -0.3 is 30.0 Å². The molecule has 4 rings (SSSR count). The van der Waals surface area contributed by atoms with Gasteiger partial charge in [-0.3, -0.25) is 13.6 Å². The van der Waals surface area contributed by atoms with Gasteiger partial charge >= 0.3 is 7.82 Å². The third-order valence-electron chi connectivity index (χ3n) is 5.43. The van der Waals surface area contributed by atoms with Crippen molar-refractivity contribution in [3.05, 3.63) is 48.2 Å². The van der Waals surface area contributed by atoms with Crippen LogP contribution >= 0.6 is 7.82 Å². The van der Waals surface area contributed by atoms with Gasteiger partial charge in [0, 0.05) is 18.2 Å². The number of aliphatic hydroxyl groups excluding tert-OH is 2. The number of methoxy groups -OCH3 is 1. The van der Waals surface area contributed by atoms with Gasteiger partial charge in [0.15, 0.2) is 6.29 Å². The number of hydrogen-bond donors (Lipinski definition) is 3. The summed E-state index contributed by atoms with van der Waals surface area (Å²) in [6, 6.07) is 5.77. The van der Waals surface area contributed by atoms with Crippen molar-refractivity contribution in [2.75, 3.05) is 26.1 Å². The fraction of sp³-hybridized carbons (Fsp3) is 0.429. The molecule has 0 aliphatic carbocycles. The molecule has 0 bridgehead atoms. The first-order valence-electron chi connectivity index (χ1n) is 10.7. The van der Waals surface area contributed by atoms with Gasteiger partial charge in [-0.1, -0.05) is 0 Å². The number of benzene rings is 1. The number of nitrogens with two attached hydrogens (primary N) is 1. The van der Waals surface area contributed by atoms with Crippen LogP contribution in [0.1, 0.15) is 31.2 Å². The highest BCUT2D eigenvalue weighted by atomic mass is 31.2. The first-order chi connectivity index (χ1) is 16.7. The van der Waals surface area contributed by atoms with Crippen molar-refractivity contribution in [2.24, 2.45) is 0 Å². The second-order valence-corrected chi connectivity index (χ2v) is 9.30. The standard InChI is InChI=1S/C21H26FN4O8P/c1-12(26-7-5-14-19(23)24-11-25-20(14)26)32-21(17(28)10-27)34-35(29)31-8-6-18(33-35)15-9-13(30-2)3-4-16(15)22/h3-5,7,9,11-12,17-18,21,27-28H,6,8,10H2,1-2H3,(H2,23,24,25)/t12-,17+,18-,21?,35?/m1/s1. The average molecular weight is 512 g/mol. The summed E-state index contributed by atoms with van der Waals surface area (Å²) in [6.45, 7) is 0.770. The van der Waals surface area contributed by atoms with E-state index in [1.807, 2.05) is 0 Å². The van der Waals surface area contributed by atoms with E-state index in [1.165, 1.54) is 31.6 Å². The summed E-state index contributed by atoms with van der Waals surface area (Å²) in [6.07, 6.45) is -1.91. The summed E-state index contributed by atoms with van der Waals surface area (Å²) in [4.78, 5) is 8.11. The number of anilines is 1. The maximum Gasteiger partial charge on any atom is 0.477 e. The summed E-state index contributed by atoms with van der Waals surface area (Å²) < 4.78 is 56.4. The Bertz CT molecular complexity index is 1230. The number of aromatic nitrogens is 3. The van der Waals surface area contributed by atoms with Crippen molar-refractivity contribution < 1.29 is 42.2 Å². The zero-order valence-electron chi connectivity index (χ0n) is 19.0. The number of phosphoric acid groups is 1. The number of nitrogens with zero attached hydrogens (tertiary/aromatic N) is 3. The Morgan fingerprint density at radius 2 is 2.17 bits per heavy atom. The largest absolute Gasteiger partial charge is 0.497 e. The minimum absolute atomic E-state index is 0.0749. The highest BCUT2D eigenvalue weighted by molar-refractivity contribution is 7.48. The SMILES string of the molecule is COc1ccc(F)c([C@H]2CCOP(=O)(OC(O[C@H](C)n3ccc4c(N)ncnc43)[C@@H](O)CO)O2)c1. The van der Waals surface area contributed by atoms with Gasteiger partial charge in [0.1, 0.15) is 41.7 Å². The number of ether oxygens (including phenoxy) is 2. The van der Waals surface area contributed by atoms with Crippen LogP contribution in [0, 0.1) is 5.82 Å². The molecule has 1 saturated heterocycles. The molecule has 5 atom stereocenters. The Morgan fingerprint density at radius 3 is 2.91 bits per heavy atom. The zero-order chi connectivity index (χ0) is 25.2. The monoisotopic (exact) mass is 512 g/mol. The molecule has 0 spiro atoms. The third-order valence-corrected chi connectivity index (χ3v) is 6.91. The van der Waals surface area contributed by atoms with Crippen LogP contribution in [0.25, 0.3) is 11.0 Å². The molecule has 0 amide bonds. The van der Waals surface area contributed by atoms with E-state index < -0.39 is 45.0 Å². The van der Waals surface area contributed by atoms with Gasteiger partial charge in [0.05, 0.1) is 31.8 Å². The quantitative estimate of drug-likeness (QED) is 0.286. The molecular weight excluding hydrogens is 486 g/mol. The first kappa shape index (κ1) is 25.5. The van der Waals surface area contributed by atoms with Crippen LogP contribution in [0.2, 0.25) is 0 Å². The van der Waals surface area contributed by atoms with Crippen molar-refractivity contribution in [1.82, 2.24) is 14.5 Å². The Labute approximate surface area is 200 Å². The summed E-state index contributed by atoms with van der Waals surface area (Å²) in [5, 5.41) is 20.4. The Kier molecular flexibility index (Phi) is 7.67. The second-order valence-electron chi connectivity index (χ2n) is 7.73. The van der Waals surface area contributed by atoms with Crippen LogP contribution in [0.3, 0.4) is 0 Å². The van der Waals surface area contributed by atoms with Gasteiger partial charge in [-0.05, 0) is 31.2 Å². The lowest BCUT2D eigenvalue weighted by molar-refractivity contribution is -0.205. The van der Waals surface area contributed by atoms with Gasteiger partial charge in [-0.25, -0.2) is 18.9 Å². The van der Waals surface area contributed by atoms with Crippen LogP contribution < -0.4 is 10.5 Å². The first-order valence-corrected chi connectivity index (χ1v) is 12.2. The lowest BCUT2D eigenvalue weighted by Gasteiger charge is -2.33. The predicted molar refractivity (Wildman–Crippen MR) is 121 cm³/mol. The summed E-state index contributed by atoms with van der Waals surface area (Å²) >= 11 is 0. The summed E-state index contributed by atoms with van der Waals surface area (Å²) in [5.74, 6) is 0.0802. The number of nitrogen functional groups attached to an aromatic ring is 1. The molecule has 1 aromatic carbocycles. The van der Waals surface area contributed by atoms with Gasteiger partial charge in [0.2, 0.25) is 0 Å². The summed E-state index contributed by atoms with van der Waals surface area (Å²) in [5.41, 5.74) is 6.43. The van der Waals surface area contributed by atoms with Gasteiger partial charge in [-0.2, -0.15) is 0 Å². The average Bonchev–Trinajstić information content (AvgIpc) is 3.29. The Hall–Kier alpha value is -2.64. The normalized spacial score (nSPS) is 23.2. The highest BCUT2D eigenvalue weighted by Crippen LogP contribution is 2.58. The molecule has 2 aromatic heterocycles. The van der Waals surface area contributed by atoms with Crippen LogP contribution in [-0.4, -0.2) is 57.5 Å². The maximum atomic E-state index is 14.4. The Balaban J connectivity index is 1.54. The van der Waals surface area contributed by atoms with E-state index >= 15 is 0 Å². The molecule has 190 valence electrons. The molecule has 1 fully saturated rings. The van der Waals surface area contributed by atoms with Crippen LogP contribution in [0.15, 0.2) is 36.8 Å². The predicted octanol–water partition coefficient (Wildman–Crippen LogP) is 2.68. The third kappa shape index (κ3) is 5.46. The van der Waals surface area contributed by atoms with E-state index in [1.54, 1.807) is 23.8 Å². The molecule has 35 heavy (non-hydrogen) atoms. The van der Waals surface area contributed by atoms with Crippen molar-refractivity contribution in [3.8, 4) is 5.75 Å². The van der Waals surface area contributed by atoms with E-state index in [0.29, 0.717) is 16.8 Å². The van der Waals surface area contributed by atoms with Crippen molar-refractivity contribution in [3.63, 3.8) is 0 Å². The molecule has 4 N–H and O–H groups in total. The molecule has 14 heteroatoms. The fourth-order valence-electron chi connectivity index (χ4n) is 3.62. The number of fused-ring (bicyclic) bond motifs is 1. The van der Waals surface area contributed by atoms with Gasteiger partial charge in [0.25, 0.3) is 0 Å². The summed E-state index contributed by atoms with van der Waals surface area (Å²) in [7, 11) is -2.91. The minimum Gasteiger partial charge on any atom is -0.497 e. The molecule has 0 radical (unpaired) electrons. The number of halogens is 1. The van der Waals surface area contributed by atoms with Crippen LogP contribution in [-0.2, 0) is 22.9 Å². The smallest absolute Gasteiger partial charge is 0.477 e. The van der Waals surface area contributed by atoms with Crippen molar-refractivity contribution in [2.45, 2.75) is 38.1 Å². The van der Waals surface area contributed by atoms with E-state index in [4.69, 9.17) is 28.8 Å². The van der Waals surface area contributed by atoms with Crippen molar-refractivity contribution in [1.29, 1.82) is 0 Å². The number of rotatable bonds is 9. The molecule has 3 aromatic rings. The lowest BCUT2D eigenvalue weighted by Crippen LogP contribution is -2.36. The molecule has 2 unspecified atom stereocenters. The number of aliphatic hydroxyl groups is 2. The van der Waals surface area contributed by atoms with Gasteiger partial charge in [-0.15, -0.1) is 0 Å². The van der Waals surface area contributed by atoms with Crippen molar-refractivity contribution >= 4 is 24.7 Å². The lowest BCUT2D eigenvalue weighted by atomic mass is 10.1. The maximum absolute atomic E-state index is 14.4. The Morgan fingerprint density at radius 1 is 1.37 bits per heavy atom. The molecule has 12 nitrogen and oxygen atoms in total.